The summed E-state index contributed by atoms with van der Waals surface area (Å²) in [6.45, 7) is 7.09. The van der Waals surface area contributed by atoms with Gasteiger partial charge in [0.15, 0.2) is 0 Å². The second kappa shape index (κ2) is 18.0. The minimum atomic E-state index is 0.319. The van der Waals surface area contributed by atoms with Crippen LogP contribution in [0.4, 0.5) is 0 Å². The minimum Gasteiger partial charge on any atom is -0.364 e. The number of ether oxygens (including phenoxy) is 1. The topological polar surface area (TPSA) is 35.2 Å². The summed E-state index contributed by atoms with van der Waals surface area (Å²) in [5.41, 5.74) is 5.37. The van der Waals surface area contributed by atoms with E-state index in [9.17, 15) is 0 Å². The first-order valence-electron chi connectivity index (χ1n) is 10.2. The van der Waals surface area contributed by atoms with Crippen LogP contribution >= 0.6 is 0 Å². The molecule has 0 aromatic carbocycles. The summed E-state index contributed by atoms with van der Waals surface area (Å²) in [6, 6.07) is 0. The predicted octanol–water partition coefficient (Wildman–Crippen LogP) is 6.59. The lowest BCUT2D eigenvalue weighted by atomic mass is 10.0. The molecule has 23 heavy (non-hydrogen) atoms. The monoisotopic (exact) mass is 325 g/mol. The van der Waals surface area contributed by atoms with Crippen molar-refractivity contribution < 1.29 is 4.74 Å². The number of hydrogen-bond donors (Lipinski definition) is 1. The zero-order valence-corrected chi connectivity index (χ0v) is 16.2. The molecule has 0 saturated carbocycles. The third kappa shape index (κ3) is 17.8. The third-order valence-corrected chi connectivity index (χ3v) is 4.59. The molecule has 0 aliphatic rings. The van der Waals surface area contributed by atoms with Crippen LogP contribution in [0.2, 0.25) is 0 Å². The number of nitrogens with two attached hydrogens (primary N) is 1. The van der Waals surface area contributed by atoms with E-state index in [0.717, 1.165) is 12.3 Å². The van der Waals surface area contributed by atoms with Crippen LogP contribution in [-0.2, 0) is 4.74 Å². The van der Waals surface area contributed by atoms with Crippen LogP contribution in [-0.4, -0.2) is 12.8 Å². The van der Waals surface area contributed by atoms with E-state index in [4.69, 9.17) is 10.5 Å². The van der Waals surface area contributed by atoms with Crippen molar-refractivity contribution in [2.24, 2.45) is 11.7 Å². The Morgan fingerprint density at radius 1 is 0.826 bits per heavy atom. The summed E-state index contributed by atoms with van der Waals surface area (Å²) in [4.78, 5) is 0. The zero-order valence-electron chi connectivity index (χ0n) is 16.2. The summed E-state index contributed by atoms with van der Waals surface area (Å²) in [6.07, 6.45) is 22.6. The Balaban J connectivity index is 3.33. The Morgan fingerprint density at radius 3 is 2.13 bits per heavy atom. The van der Waals surface area contributed by atoms with Crippen LogP contribution in [0.25, 0.3) is 0 Å². The van der Waals surface area contributed by atoms with Gasteiger partial charge in [0.25, 0.3) is 0 Å². The van der Waals surface area contributed by atoms with Crippen LogP contribution in [0.5, 0.6) is 0 Å². The lowest BCUT2D eigenvalue weighted by Gasteiger charge is -2.11. The van der Waals surface area contributed by atoms with E-state index in [2.05, 4.69) is 32.9 Å². The normalized spacial score (nSPS) is 14.4. The van der Waals surface area contributed by atoms with Gasteiger partial charge >= 0.3 is 0 Å². The minimum absolute atomic E-state index is 0.319. The van der Waals surface area contributed by atoms with Crippen molar-refractivity contribution in [3.8, 4) is 0 Å². The number of unbranched alkanes of at least 4 members (excludes halogenated alkanes) is 9. The first kappa shape index (κ1) is 22.7. The molecule has 0 aromatic heterocycles. The van der Waals surface area contributed by atoms with E-state index in [1.165, 1.54) is 77.0 Å². The molecule has 0 bridgehead atoms. The summed E-state index contributed by atoms with van der Waals surface area (Å²) < 4.78 is 5.35. The molecular weight excluding hydrogens is 282 g/mol. The molecule has 0 aliphatic carbocycles. The molecule has 2 nitrogen and oxygen atoms in total. The van der Waals surface area contributed by atoms with Gasteiger partial charge in [-0.05, 0) is 38.5 Å². The molecule has 2 N–H and O–H groups in total. The molecule has 2 unspecified atom stereocenters. The number of hydrogen-bond acceptors (Lipinski definition) is 2. The smallest absolute Gasteiger partial charge is 0.0943 e. The first-order valence-corrected chi connectivity index (χ1v) is 10.2. The maximum Gasteiger partial charge on any atom is 0.0943 e. The Labute approximate surface area is 146 Å². The highest BCUT2D eigenvalue weighted by Gasteiger charge is 2.01. The van der Waals surface area contributed by atoms with Crippen molar-refractivity contribution in [3.05, 3.63) is 12.2 Å². The number of rotatable bonds is 17. The third-order valence-electron chi connectivity index (χ3n) is 4.59. The highest BCUT2D eigenvalue weighted by molar-refractivity contribution is 4.86. The second-order valence-electron chi connectivity index (χ2n) is 7.10. The van der Waals surface area contributed by atoms with Crippen molar-refractivity contribution in [2.45, 2.75) is 110 Å². The summed E-state index contributed by atoms with van der Waals surface area (Å²) >= 11 is 0. The van der Waals surface area contributed by atoms with Gasteiger partial charge < -0.3 is 10.5 Å². The molecule has 0 rings (SSSR count). The van der Waals surface area contributed by atoms with Gasteiger partial charge in [0.05, 0.1) is 12.8 Å². The van der Waals surface area contributed by atoms with Gasteiger partial charge in [-0.3, -0.25) is 0 Å². The van der Waals surface area contributed by atoms with Crippen LogP contribution < -0.4 is 5.73 Å². The Kier molecular flexibility index (Phi) is 17.7. The SMILES string of the molecule is CCCCCCCCC/C=C/C(C)CCCCCC(C)OCN. The summed E-state index contributed by atoms with van der Waals surface area (Å²) in [7, 11) is 0. The molecule has 0 aromatic rings. The fourth-order valence-corrected chi connectivity index (χ4v) is 2.97. The van der Waals surface area contributed by atoms with E-state index in [1.54, 1.807) is 0 Å². The molecule has 0 heterocycles. The Morgan fingerprint density at radius 2 is 1.43 bits per heavy atom. The van der Waals surface area contributed by atoms with Gasteiger partial charge in [-0.2, -0.15) is 0 Å². The molecule has 2 heteroatoms. The highest BCUT2D eigenvalue weighted by atomic mass is 16.5. The molecule has 0 aliphatic heterocycles. The van der Waals surface area contributed by atoms with Gasteiger partial charge in [-0.15, -0.1) is 0 Å². The average molecular weight is 326 g/mol. The van der Waals surface area contributed by atoms with Crippen molar-refractivity contribution in [1.29, 1.82) is 0 Å². The predicted molar refractivity (Wildman–Crippen MR) is 104 cm³/mol. The van der Waals surface area contributed by atoms with E-state index < -0.39 is 0 Å². The largest absolute Gasteiger partial charge is 0.364 e. The maximum atomic E-state index is 5.37. The van der Waals surface area contributed by atoms with E-state index in [-0.39, 0.29) is 0 Å². The Bertz CT molecular complexity index is 252. The Hall–Kier alpha value is -0.340. The zero-order chi connectivity index (χ0) is 17.2. The van der Waals surface area contributed by atoms with Crippen molar-refractivity contribution in [3.63, 3.8) is 0 Å². The van der Waals surface area contributed by atoms with Gasteiger partial charge in [0.1, 0.15) is 0 Å². The number of allylic oxidation sites excluding steroid dienone is 2. The summed E-state index contributed by atoms with van der Waals surface area (Å²) in [5.74, 6) is 0.734. The van der Waals surface area contributed by atoms with Crippen molar-refractivity contribution in [1.82, 2.24) is 0 Å². The lowest BCUT2D eigenvalue weighted by molar-refractivity contribution is 0.0633. The molecule has 2 atom stereocenters. The molecule has 138 valence electrons. The quantitative estimate of drug-likeness (QED) is 0.186. The highest BCUT2D eigenvalue weighted by Crippen LogP contribution is 2.14. The van der Waals surface area contributed by atoms with Gasteiger partial charge in [0, 0.05) is 0 Å². The molecule has 0 radical (unpaired) electrons. The van der Waals surface area contributed by atoms with Crippen LogP contribution in [0, 0.1) is 5.92 Å². The van der Waals surface area contributed by atoms with E-state index in [1.807, 2.05) is 0 Å². The first-order chi connectivity index (χ1) is 11.2. The standard InChI is InChI=1S/C21H43NO/c1-4-5-6-7-8-9-10-11-13-16-20(2)17-14-12-15-18-21(3)23-19-22/h13,16,20-21H,4-12,14-15,17-19,22H2,1-3H3/b16-13+. The molecule has 0 fully saturated rings. The van der Waals surface area contributed by atoms with E-state index in [0.29, 0.717) is 12.8 Å². The van der Waals surface area contributed by atoms with Gasteiger partial charge in [0.2, 0.25) is 0 Å². The maximum absolute atomic E-state index is 5.37. The molecular formula is C21H43NO. The molecule has 0 saturated heterocycles. The second-order valence-corrected chi connectivity index (χ2v) is 7.10. The molecule has 0 amide bonds. The van der Waals surface area contributed by atoms with Crippen LogP contribution in [0.15, 0.2) is 12.2 Å². The fraction of sp³-hybridized carbons (Fsp3) is 0.905. The molecule has 0 spiro atoms. The fourth-order valence-electron chi connectivity index (χ4n) is 2.97. The lowest BCUT2D eigenvalue weighted by Crippen LogP contribution is -2.14. The van der Waals surface area contributed by atoms with Crippen LogP contribution in [0.3, 0.4) is 0 Å². The average Bonchev–Trinajstić information content (AvgIpc) is 2.53. The van der Waals surface area contributed by atoms with Gasteiger partial charge in [-0.1, -0.05) is 83.8 Å². The van der Waals surface area contributed by atoms with Crippen LogP contribution in [0.1, 0.15) is 104 Å². The summed E-state index contributed by atoms with van der Waals surface area (Å²) in [5, 5.41) is 0. The van der Waals surface area contributed by atoms with Crippen molar-refractivity contribution >= 4 is 0 Å². The van der Waals surface area contributed by atoms with E-state index >= 15 is 0 Å². The van der Waals surface area contributed by atoms with Crippen molar-refractivity contribution in [2.75, 3.05) is 6.73 Å². The van der Waals surface area contributed by atoms with Gasteiger partial charge in [-0.25, -0.2) is 0 Å².